The molecule has 1 aromatic rings. The molecule has 8 nitrogen and oxygen atoms in total. The third kappa shape index (κ3) is 5.55. The van der Waals surface area contributed by atoms with E-state index in [1.165, 1.54) is 10.9 Å². The van der Waals surface area contributed by atoms with E-state index >= 15 is 0 Å². The number of halogens is 2. The molecule has 0 atom stereocenters. The van der Waals surface area contributed by atoms with Crippen molar-refractivity contribution in [3.05, 3.63) is 22.5 Å². The molecule has 0 aromatic carbocycles. The van der Waals surface area contributed by atoms with Crippen LogP contribution in [0, 0.1) is 16.0 Å². The van der Waals surface area contributed by atoms with Gasteiger partial charge in [0.2, 0.25) is 5.91 Å². The van der Waals surface area contributed by atoms with Gasteiger partial charge in [-0.25, -0.2) is 8.78 Å². The second-order valence-electron chi connectivity index (χ2n) is 5.59. The predicted octanol–water partition coefficient (Wildman–Crippen LogP) is 0.885. The number of nitrogens with zero attached hydrogens (tertiary/aromatic N) is 4. The van der Waals surface area contributed by atoms with Gasteiger partial charge in [0, 0.05) is 6.54 Å². The van der Waals surface area contributed by atoms with E-state index in [1.54, 1.807) is 4.90 Å². The van der Waals surface area contributed by atoms with E-state index in [4.69, 9.17) is 0 Å². The second-order valence-corrected chi connectivity index (χ2v) is 5.59. The minimum absolute atomic E-state index is 0.0853. The molecule has 0 bridgehead atoms. The molecule has 128 valence electrons. The molecule has 1 amide bonds. The van der Waals surface area contributed by atoms with Gasteiger partial charge in [-0.3, -0.25) is 24.5 Å². The molecule has 0 saturated carbocycles. The van der Waals surface area contributed by atoms with Gasteiger partial charge in [-0.1, -0.05) is 0 Å². The summed E-state index contributed by atoms with van der Waals surface area (Å²) in [5, 5.41) is 17.0. The molecule has 2 heterocycles. The number of alkyl halides is 2. The summed E-state index contributed by atoms with van der Waals surface area (Å²) in [6.45, 7) is 1.41. The Labute approximate surface area is 131 Å². The molecule has 0 unspecified atom stereocenters. The molecule has 0 aliphatic carbocycles. The van der Waals surface area contributed by atoms with Gasteiger partial charge in [-0.05, 0) is 31.8 Å². The van der Waals surface area contributed by atoms with Crippen LogP contribution in [-0.4, -0.2) is 58.1 Å². The normalized spacial score (nSPS) is 16.7. The fourth-order valence-electron chi connectivity index (χ4n) is 2.56. The summed E-state index contributed by atoms with van der Waals surface area (Å²) < 4.78 is 25.8. The van der Waals surface area contributed by atoms with Crippen LogP contribution in [0.25, 0.3) is 0 Å². The highest BCUT2D eigenvalue weighted by Gasteiger charge is 2.21. The van der Waals surface area contributed by atoms with E-state index in [2.05, 4.69) is 10.4 Å². The van der Waals surface area contributed by atoms with Crippen LogP contribution in [0.4, 0.5) is 14.5 Å². The van der Waals surface area contributed by atoms with Crippen LogP contribution in [-0.2, 0) is 11.3 Å². The van der Waals surface area contributed by atoms with Crippen molar-refractivity contribution >= 4 is 11.6 Å². The number of hydrogen-bond donors (Lipinski definition) is 1. The third-order valence-electron chi connectivity index (χ3n) is 3.83. The average molecular weight is 331 g/mol. The first-order valence-corrected chi connectivity index (χ1v) is 7.38. The van der Waals surface area contributed by atoms with E-state index in [0.717, 1.165) is 19.0 Å². The van der Waals surface area contributed by atoms with Crippen molar-refractivity contribution in [3.63, 3.8) is 0 Å². The Morgan fingerprint density at radius 2 is 2.17 bits per heavy atom. The lowest BCUT2D eigenvalue weighted by Gasteiger charge is -2.31. The van der Waals surface area contributed by atoms with Crippen LogP contribution in [0.5, 0.6) is 0 Å². The number of aromatic nitrogens is 2. The zero-order valence-corrected chi connectivity index (χ0v) is 12.5. The maximum absolute atomic E-state index is 12.3. The number of carbonyl (C=O) groups is 1. The van der Waals surface area contributed by atoms with Crippen LogP contribution in [0.2, 0.25) is 0 Å². The molecule has 1 fully saturated rings. The number of nitro groups is 1. The van der Waals surface area contributed by atoms with Gasteiger partial charge in [0.25, 0.3) is 6.43 Å². The number of likely N-dealkylation sites (tertiary alicyclic amines) is 1. The first kappa shape index (κ1) is 17.3. The van der Waals surface area contributed by atoms with Gasteiger partial charge in [0.1, 0.15) is 18.9 Å². The largest absolute Gasteiger partial charge is 0.354 e. The molecule has 1 aliphatic rings. The number of rotatable bonds is 7. The Bertz CT molecular complexity index is 543. The number of amides is 1. The molecule has 1 N–H and O–H groups in total. The predicted molar refractivity (Wildman–Crippen MR) is 77.1 cm³/mol. The number of piperidine rings is 1. The Morgan fingerprint density at radius 1 is 1.48 bits per heavy atom. The summed E-state index contributed by atoms with van der Waals surface area (Å²) in [6.07, 6.45) is 1.50. The van der Waals surface area contributed by atoms with Gasteiger partial charge in [0.15, 0.2) is 0 Å². The highest BCUT2D eigenvalue weighted by atomic mass is 19.3. The lowest BCUT2D eigenvalue weighted by molar-refractivity contribution is -0.385. The average Bonchev–Trinajstić information content (AvgIpc) is 2.95. The molecule has 1 aromatic heterocycles. The maximum Gasteiger partial charge on any atom is 0.307 e. The van der Waals surface area contributed by atoms with Gasteiger partial charge in [0.05, 0.1) is 11.5 Å². The molecule has 10 heteroatoms. The fraction of sp³-hybridized carbons (Fsp3) is 0.692. The van der Waals surface area contributed by atoms with Crippen molar-refractivity contribution < 1.29 is 18.5 Å². The smallest absolute Gasteiger partial charge is 0.307 e. The second kappa shape index (κ2) is 7.95. The summed E-state index contributed by atoms with van der Waals surface area (Å²) in [4.78, 5) is 23.5. The summed E-state index contributed by atoms with van der Waals surface area (Å²) in [5.41, 5.74) is -0.163. The van der Waals surface area contributed by atoms with Crippen molar-refractivity contribution in [3.8, 4) is 0 Å². The first-order valence-electron chi connectivity index (χ1n) is 7.38. The monoisotopic (exact) mass is 331 g/mol. The molecular formula is C13H19F2N5O3. The van der Waals surface area contributed by atoms with Crippen LogP contribution >= 0.6 is 0 Å². The van der Waals surface area contributed by atoms with Gasteiger partial charge in [-0.2, -0.15) is 5.10 Å². The van der Waals surface area contributed by atoms with Gasteiger partial charge in [-0.15, -0.1) is 0 Å². The van der Waals surface area contributed by atoms with E-state index in [0.29, 0.717) is 19.6 Å². The summed E-state index contributed by atoms with van der Waals surface area (Å²) in [6, 6.07) is 0. The Balaban J connectivity index is 1.67. The van der Waals surface area contributed by atoms with Crippen LogP contribution in [0.3, 0.4) is 0 Å². The standard InChI is InChI=1S/C13H19F2N5O3/c14-12(15)8-18-3-1-10(2-4-18)5-16-13(21)9-19-7-11(6-17-19)20(22)23/h6-7,10,12H,1-5,8-9H2,(H,16,21). The van der Waals surface area contributed by atoms with Crippen LogP contribution in [0.1, 0.15) is 12.8 Å². The van der Waals surface area contributed by atoms with E-state index in [9.17, 15) is 23.7 Å². The fourth-order valence-corrected chi connectivity index (χ4v) is 2.56. The lowest BCUT2D eigenvalue weighted by atomic mass is 9.97. The third-order valence-corrected chi connectivity index (χ3v) is 3.83. The molecule has 1 saturated heterocycles. The molecule has 1 aliphatic heterocycles. The zero-order valence-electron chi connectivity index (χ0n) is 12.5. The SMILES string of the molecule is O=C(Cn1cc([N+](=O)[O-])cn1)NCC1CCN(CC(F)F)CC1. The zero-order chi connectivity index (χ0) is 16.8. The lowest BCUT2D eigenvalue weighted by Crippen LogP contribution is -2.41. The topological polar surface area (TPSA) is 93.3 Å². The first-order chi connectivity index (χ1) is 10.9. The Hall–Kier alpha value is -2.10. The van der Waals surface area contributed by atoms with Crippen molar-refractivity contribution in [2.45, 2.75) is 25.8 Å². The minimum atomic E-state index is -2.32. The van der Waals surface area contributed by atoms with Crippen molar-refractivity contribution in [2.75, 3.05) is 26.2 Å². The molecule has 0 radical (unpaired) electrons. The highest BCUT2D eigenvalue weighted by molar-refractivity contribution is 5.75. The highest BCUT2D eigenvalue weighted by Crippen LogP contribution is 2.17. The Kier molecular flexibility index (Phi) is 5.97. The van der Waals surface area contributed by atoms with Gasteiger partial charge >= 0.3 is 5.69 Å². The molecular weight excluding hydrogens is 312 g/mol. The summed E-state index contributed by atoms with van der Waals surface area (Å²) >= 11 is 0. The molecule has 0 spiro atoms. The van der Waals surface area contributed by atoms with Crippen LogP contribution < -0.4 is 5.32 Å². The van der Waals surface area contributed by atoms with Crippen molar-refractivity contribution in [1.82, 2.24) is 20.0 Å². The number of carbonyl (C=O) groups excluding carboxylic acids is 1. The number of hydrogen-bond acceptors (Lipinski definition) is 5. The molecule has 2 rings (SSSR count). The Morgan fingerprint density at radius 3 is 2.74 bits per heavy atom. The number of nitrogens with one attached hydrogen (secondary N) is 1. The van der Waals surface area contributed by atoms with E-state index < -0.39 is 11.3 Å². The van der Waals surface area contributed by atoms with Gasteiger partial charge < -0.3 is 5.32 Å². The summed E-state index contributed by atoms with van der Waals surface area (Å²) in [7, 11) is 0. The summed E-state index contributed by atoms with van der Waals surface area (Å²) in [5.74, 6) is -0.0159. The maximum atomic E-state index is 12.3. The minimum Gasteiger partial charge on any atom is -0.354 e. The van der Waals surface area contributed by atoms with E-state index in [1.807, 2.05) is 0 Å². The van der Waals surface area contributed by atoms with E-state index in [-0.39, 0.29) is 30.6 Å². The van der Waals surface area contributed by atoms with Crippen molar-refractivity contribution in [2.24, 2.45) is 5.92 Å². The van der Waals surface area contributed by atoms with Crippen molar-refractivity contribution in [1.29, 1.82) is 0 Å². The quantitative estimate of drug-likeness (QED) is 0.591. The molecule has 23 heavy (non-hydrogen) atoms. The van der Waals surface area contributed by atoms with Crippen LogP contribution in [0.15, 0.2) is 12.4 Å².